The number of para-hydroxylation sites is 1. The summed E-state index contributed by atoms with van der Waals surface area (Å²) < 4.78 is 10.0. The third-order valence-corrected chi connectivity index (χ3v) is 4.53. The van der Waals surface area contributed by atoms with Crippen LogP contribution in [0.2, 0.25) is 0 Å². The first-order chi connectivity index (χ1) is 12.6. The van der Waals surface area contributed by atoms with Gasteiger partial charge in [0, 0.05) is 17.7 Å². The number of methoxy groups -OCH3 is 2. The van der Waals surface area contributed by atoms with Crippen molar-refractivity contribution in [3.8, 4) is 5.75 Å². The summed E-state index contributed by atoms with van der Waals surface area (Å²) in [4.78, 5) is 26.7. The fourth-order valence-corrected chi connectivity index (χ4v) is 3.18. The van der Waals surface area contributed by atoms with E-state index in [-0.39, 0.29) is 11.5 Å². The van der Waals surface area contributed by atoms with Crippen LogP contribution in [0.25, 0.3) is 5.57 Å². The van der Waals surface area contributed by atoms with Crippen molar-refractivity contribution in [1.29, 1.82) is 0 Å². The van der Waals surface area contributed by atoms with Crippen molar-refractivity contribution < 1.29 is 19.1 Å². The van der Waals surface area contributed by atoms with Crippen molar-refractivity contribution >= 4 is 23.1 Å². The van der Waals surface area contributed by atoms with Crippen LogP contribution in [0.5, 0.6) is 5.75 Å². The molecular formula is C21H21NO4. The number of carbonyl (C=O) groups excluding carboxylic acids is 2. The van der Waals surface area contributed by atoms with Gasteiger partial charge in [-0.05, 0) is 42.7 Å². The van der Waals surface area contributed by atoms with Gasteiger partial charge in [-0.1, -0.05) is 24.8 Å². The first-order valence-corrected chi connectivity index (χ1v) is 8.42. The molecule has 0 bridgehead atoms. The highest BCUT2D eigenvalue weighted by atomic mass is 16.5. The molecule has 26 heavy (non-hydrogen) atoms. The topological polar surface area (TPSA) is 55.8 Å². The van der Waals surface area contributed by atoms with Crippen molar-refractivity contribution in [2.45, 2.75) is 12.8 Å². The molecule has 0 N–H and O–H groups in total. The molecule has 0 saturated carbocycles. The van der Waals surface area contributed by atoms with Crippen LogP contribution in [0.1, 0.15) is 39.1 Å². The van der Waals surface area contributed by atoms with Crippen molar-refractivity contribution in [3.05, 3.63) is 65.7 Å². The molecule has 3 rings (SSSR count). The number of allylic oxidation sites excluding steroid dienone is 1. The van der Waals surface area contributed by atoms with Gasteiger partial charge in [0.25, 0.3) is 5.91 Å². The van der Waals surface area contributed by atoms with Crippen LogP contribution in [0.15, 0.2) is 49.0 Å². The van der Waals surface area contributed by atoms with E-state index in [4.69, 9.17) is 9.47 Å². The summed E-state index contributed by atoms with van der Waals surface area (Å²) in [5, 5.41) is 0. The maximum atomic E-state index is 13.2. The summed E-state index contributed by atoms with van der Waals surface area (Å²) in [7, 11) is 2.77. The number of hydrogen-bond acceptors (Lipinski definition) is 4. The minimum atomic E-state index is -0.503. The lowest BCUT2D eigenvalue weighted by Crippen LogP contribution is -2.31. The van der Waals surface area contributed by atoms with E-state index in [1.807, 2.05) is 24.3 Å². The Hall–Kier alpha value is -3.08. The van der Waals surface area contributed by atoms with Crippen LogP contribution in [0.3, 0.4) is 0 Å². The largest absolute Gasteiger partial charge is 0.496 e. The van der Waals surface area contributed by atoms with Gasteiger partial charge in [0.1, 0.15) is 11.3 Å². The molecule has 1 heterocycles. The summed E-state index contributed by atoms with van der Waals surface area (Å²) in [6, 6.07) is 12.6. The Morgan fingerprint density at radius 3 is 2.62 bits per heavy atom. The van der Waals surface area contributed by atoms with Crippen molar-refractivity contribution in [2.75, 3.05) is 25.7 Å². The summed E-state index contributed by atoms with van der Waals surface area (Å²) in [6.07, 6.45) is 1.70. The Kier molecular flexibility index (Phi) is 5.07. The van der Waals surface area contributed by atoms with Gasteiger partial charge in [-0.15, -0.1) is 0 Å². The highest BCUT2D eigenvalue weighted by Crippen LogP contribution is 2.33. The van der Waals surface area contributed by atoms with E-state index < -0.39 is 5.97 Å². The number of carbonyl (C=O) groups is 2. The normalized spacial score (nSPS) is 13.6. The van der Waals surface area contributed by atoms with E-state index in [2.05, 4.69) is 6.58 Å². The van der Waals surface area contributed by atoms with Gasteiger partial charge in [0.05, 0.1) is 19.9 Å². The van der Waals surface area contributed by atoms with E-state index in [9.17, 15) is 9.59 Å². The molecule has 0 radical (unpaired) electrons. The van der Waals surface area contributed by atoms with Crippen LogP contribution in [-0.2, 0) is 4.74 Å². The zero-order valence-corrected chi connectivity index (χ0v) is 15.0. The first kappa shape index (κ1) is 17.7. The number of amides is 1. The number of benzene rings is 2. The molecule has 5 nitrogen and oxygen atoms in total. The van der Waals surface area contributed by atoms with Gasteiger partial charge in [0.2, 0.25) is 0 Å². The third kappa shape index (κ3) is 3.20. The fraction of sp³-hybridized carbons (Fsp3) is 0.238. The average Bonchev–Trinajstić information content (AvgIpc) is 2.85. The van der Waals surface area contributed by atoms with Crippen LogP contribution < -0.4 is 9.64 Å². The lowest BCUT2D eigenvalue weighted by molar-refractivity contribution is 0.0596. The Morgan fingerprint density at radius 2 is 1.88 bits per heavy atom. The van der Waals surface area contributed by atoms with Gasteiger partial charge in [-0.3, -0.25) is 4.79 Å². The lowest BCUT2D eigenvalue weighted by atomic mass is 10.0. The van der Waals surface area contributed by atoms with Crippen LogP contribution in [0.4, 0.5) is 5.69 Å². The van der Waals surface area contributed by atoms with Gasteiger partial charge in [0.15, 0.2) is 0 Å². The summed E-state index contributed by atoms with van der Waals surface area (Å²) in [5.41, 5.74) is 3.63. The highest BCUT2D eigenvalue weighted by molar-refractivity contribution is 6.08. The molecule has 2 aromatic rings. The van der Waals surface area contributed by atoms with Gasteiger partial charge in [-0.2, -0.15) is 0 Å². The molecule has 0 unspecified atom stereocenters. The fourth-order valence-electron chi connectivity index (χ4n) is 3.18. The van der Waals surface area contributed by atoms with E-state index in [1.165, 1.54) is 14.2 Å². The lowest BCUT2D eigenvalue weighted by Gasteiger charge is -2.23. The zero-order valence-electron chi connectivity index (χ0n) is 15.0. The maximum Gasteiger partial charge on any atom is 0.341 e. The van der Waals surface area contributed by atoms with Crippen LogP contribution in [-0.4, -0.2) is 32.6 Å². The number of esters is 1. The molecular weight excluding hydrogens is 330 g/mol. The van der Waals surface area contributed by atoms with Crippen molar-refractivity contribution in [2.24, 2.45) is 0 Å². The van der Waals surface area contributed by atoms with E-state index in [0.717, 1.165) is 29.7 Å². The molecule has 0 fully saturated rings. The van der Waals surface area contributed by atoms with E-state index in [1.54, 1.807) is 23.1 Å². The Bertz CT molecular complexity index is 872. The molecule has 5 heteroatoms. The third-order valence-electron chi connectivity index (χ3n) is 4.53. The predicted octanol–water partition coefficient (Wildman–Crippen LogP) is 3.94. The molecule has 0 aliphatic carbocycles. The second-order valence-corrected chi connectivity index (χ2v) is 6.09. The molecule has 0 spiro atoms. The maximum absolute atomic E-state index is 13.2. The van der Waals surface area contributed by atoms with Gasteiger partial charge >= 0.3 is 5.97 Å². The summed E-state index contributed by atoms with van der Waals surface area (Å²) >= 11 is 0. The molecule has 1 amide bonds. The second kappa shape index (κ2) is 7.44. The predicted molar refractivity (Wildman–Crippen MR) is 101 cm³/mol. The van der Waals surface area contributed by atoms with Crippen molar-refractivity contribution in [3.63, 3.8) is 0 Å². The molecule has 1 aliphatic heterocycles. The summed E-state index contributed by atoms with van der Waals surface area (Å²) in [6.45, 7) is 4.75. The first-order valence-electron chi connectivity index (χ1n) is 8.42. The number of ether oxygens (including phenoxy) is 2. The molecule has 2 aromatic carbocycles. The number of rotatable bonds is 3. The molecule has 0 aromatic heterocycles. The number of anilines is 1. The molecule has 134 valence electrons. The standard InChI is InChI=1S/C21H21NO4/c1-14-7-6-12-22(18-9-5-4-8-16(14)18)20(23)15-10-11-17(21(24)26-3)19(13-15)25-2/h4-5,8-11,13H,1,6-7,12H2,2-3H3. The minimum absolute atomic E-state index is 0.137. The number of fused-ring (bicyclic) bond motifs is 1. The van der Waals surface area contributed by atoms with Crippen molar-refractivity contribution in [1.82, 2.24) is 0 Å². The molecule has 0 atom stereocenters. The minimum Gasteiger partial charge on any atom is -0.496 e. The van der Waals surface area contributed by atoms with E-state index >= 15 is 0 Å². The Labute approximate surface area is 152 Å². The zero-order chi connectivity index (χ0) is 18.7. The highest BCUT2D eigenvalue weighted by Gasteiger charge is 2.25. The van der Waals surface area contributed by atoms with E-state index in [0.29, 0.717) is 17.9 Å². The van der Waals surface area contributed by atoms with Gasteiger partial charge in [-0.25, -0.2) is 4.79 Å². The Balaban J connectivity index is 2.00. The Morgan fingerprint density at radius 1 is 1.12 bits per heavy atom. The smallest absolute Gasteiger partial charge is 0.341 e. The average molecular weight is 351 g/mol. The second-order valence-electron chi connectivity index (χ2n) is 6.09. The molecule has 1 aliphatic rings. The number of hydrogen-bond donors (Lipinski definition) is 0. The monoisotopic (exact) mass is 351 g/mol. The number of nitrogens with zero attached hydrogens (tertiary/aromatic N) is 1. The van der Waals surface area contributed by atoms with Crippen LogP contribution in [0, 0.1) is 0 Å². The van der Waals surface area contributed by atoms with Gasteiger partial charge < -0.3 is 14.4 Å². The SMILES string of the molecule is C=C1CCCN(C(=O)c2ccc(C(=O)OC)c(OC)c2)c2ccccc21. The molecule has 0 saturated heterocycles. The summed E-state index contributed by atoms with van der Waals surface area (Å²) in [5.74, 6) is -0.325. The quantitative estimate of drug-likeness (QED) is 0.786. The van der Waals surface area contributed by atoms with Crippen LogP contribution >= 0.6 is 0 Å².